The summed E-state index contributed by atoms with van der Waals surface area (Å²) < 4.78 is 6.54. The molecule has 0 spiro atoms. The van der Waals surface area contributed by atoms with Gasteiger partial charge in [-0.15, -0.1) is 0 Å². The van der Waals surface area contributed by atoms with Crippen LogP contribution in [0.25, 0.3) is 10.8 Å². The highest BCUT2D eigenvalue weighted by Crippen LogP contribution is 2.50. The van der Waals surface area contributed by atoms with Crippen LogP contribution in [0.5, 0.6) is 11.6 Å². The van der Waals surface area contributed by atoms with Crippen LogP contribution in [0.4, 0.5) is 5.82 Å². The number of nitrogens with zero attached hydrogens (tertiary/aromatic N) is 1. The second-order valence-electron chi connectivity index (χ2n) is 6.33. The fourth-order valence-corrected chi connectivity index (χ4v) is 3.87. The van der Waals surface area contributed by atoms with Crippen LogP contribution in [0.2, 0.25) is 0 Å². The fourth-order valence-electron chi connectivity index (χ4n) is 3.68. The zero-order valence-electron chi connectivity index (χ0n) is 13.8. The first-order valence-electron chi connectivity index (χ1n) is 8.36. The van der Waals surface area contributed by atoms with Crippen molar-refractivity contribution in [1.29, 1.82) is 0 Å². The predicted octanol–water partition coefficient (Wildman–Crippen LogP) is 5.16. The van der Waals surface area contributed by atoms with E-state index >= 15 is 0 Å². The number of nitrogen functional groups attached to an aromatic ring is 1. The third-order valence-electron chi connectivity index (χ3n) is 4.81. The molecule has 3 aromatic carbocycles. The van der Waals surface area contributed by atoms with Gasteiger partial charge in [0.1, 0.15) is 11.6 Å². The van der Waals surface area contributed by atoms with Gasteiger partial charge in [0, 0.05) is 16.9 Å². The lowest BCUT2D eigenvalue weighted by molar-refractivity contribution is 0.437. The normalized spacial score (nSPS) is 15.2. The van der Waals surface area contributed by atoms with Crippen molar-refractivity contribution in [2.75, 3.05) is 5.73 Å². The number of fused-ring (bicyclic) bond motifs is 4. The molecule has 126 valence electrons. The summed E-state index contributed by atoms with van der Waals surface area (Å²) in [5, 5.41) is 2.17. The van der Waals surface area contributed by atoms with Gasteiger partial charge in [0.05, 0.1) is 5.56 Å². The Bertz CT molecular complexity index is 1200. The highest BCUT2D eigenvalue weighted by molar-refractivity contribution is 7.71. The predicted molar refractivity (Wildman–Crippen MR) is 105 cm³/mol. The summed E-state index contributed by atoms with van der Waals surface area (Å²) in [6.07, 6.45) is 0. The number of anilines is 1. The molecule has 3 N–H and O–H groups in total. The number of nitrogens with one attached hydrogen (secondary N) is 1. The van der Waals surface area contributed by atoms with E-state index in [0.717, 1.165) is 33.2 Å². The van der Waals surface area contributed by atoms with Crippen molar-refractivity contribution < 1.29 is 4.74 Å². The minimum absolute atomic E-state index is 0.0705. The van der Waals surface area contributed by atoms with Crippen LogP contribution in [0, 0.1) is 4.77 Å². The van der Waals surface area contributed by atoms with Crippen molar-refractivity contribution in [2.45, 2.75) is 5.92 Å². The summed E-state index contributed by atoms with van der Waals surface area (Å²) in [6, 6.07) is 22.7. The van der Waals surface area contributed by atoms with E-state index in [9.17, 15) is 0 Å². The first kappa shape index (κ1) is 15.1. The second-order valence-corrected chi connectivity index (χ2v) is 6.71. The number of hydrogen-bond donors (Lipinski definition) is 2. The average molecular weight is 357 g/mol. The summed E-state index contributed by atoms with van der Waals surface area (Å²) in [7, 11) is 0. The van der Waals surface area contributed by atoms with Crippen LogP contribution >= 0.6 is 12.2 Å². The van der Waals surface area contributed by atoms with Crippen molar-refractivity contribution in [1.82, 2.24) is 9.97 Å². The topological polar surface area (TPSA) is 63.9 Å². The molecule has 0 radical (unpaired) electrons. The maximum Gasteiger partial charge on any atom is 0.229 e. The Morgan fingerprint density at radius 2 is 1.73 bits per heavy atom. The molecule has 26 heavy (non-hydrogen) atoms. The summed E-state index contributed by atoms with van der Waals surface area (Å²) in [5.41, 5.74) is 9.33. The van der Waals surface area contributed by atoms with Crippen LogP contribution < -0.4 is 10.5 Å². The van der Waals surface area contributed by atoms with E-state index in [0.29, 0.717) is 16.5 Å². The third-order valence-corrected chi connectivity index (χ3v) is 5.00. The molecule has 0 aliphatic carbocycles. The van der Waals surface area contributed by atoms with E-state index in [2.05, 4.69) is 46.4 Å². The highest BCUT2D eigenvalue weighted by atomic mass is 32.1. The van der Waals surface area contributed by atoms with Crippen molar-refractivity contribution in [3.05, 3.63) is 88.2 Å². The van der Waals surface area contributed by atoms with Gasteiger partial charge in [-0.05, 0) is 23.2 Å². The Labute approximate surface area is 155 Å². The number of benzene rings is 3. The van der Waals surface area contributed by atoms with E-state index < -0.39 is 0 Å². The summed E-state index contributed by atoms with van der Waals surface area (Å²) in [6.45, 7) is 0. The lowest BCUT2D eigenvalue weighted by Crippen LogP contribution is -2.16. The molecule has 1 aromatic heterocycles. The molecular weight excluding hydrogens is 342 g/mol. The molecule has 1 aliphatic heterocycles. The Hall–Kier alpha value is -3.18. The molecule has 0 amide bonds. The molecule has 4 aromatic rings. The van der Waals surface area contributed by atoms with Crippen molar-refractivity contribution in [3.8, 4) is 11.6 Å². The van der Waals surface area contributed by atoms with Gasteiger partial charge in [0.25, 0.3) is 0 Å². The van der Waals surface area contributed by atoms with Crippen LogP contribution in [0.1, 0.15) is 22.6 Å². The number of nitrogens with two attached hydrogens (primary N) is 1. The van der Waals surface area contributed by atoms with Crippen molar-refractivity contribution in [3.63, 3.8) is 0 Å². The Balaban J connectivity index is 1.88. The first-order valence-corrected chi connectivity index (χ1v) is 8.77. The van der Waals surface area contributed by atoms with Crippen molar-refractivity contribution >= 4 is 28.8 Å². The average Bonchev–Trinajstić information content (AvgIpc) is 2.67. The van der Waals surface area contributed by atoms with E-state index in [4.69, 9.17) is 22.7 Å². The molecule has 4 nitrogen and oxygen atoms in total. The monoisotopic (exact) mass is 357 g/mol. The third kappa shape index (κ3) is 2.21. The number of hydrogen-bond acceptors (Lipinski definition) is 4. The van der Waals surface area contributed by atoms with Gasteiger partial charge in [-0.3, -0.25) is 0 Å². The van der Waals surface area contributed by atoms with Crippen LogP contribution in [-0.4, -0.2) is 9.97 Å². The Kier molecular flexibility index (Phi) is 3.30. The van der Waals surface area contributed by atoms with Gasteiger partial charge in [-0.2, -0.15) is 4.98 Å². The molecule has 5 heteroatoms. The van der Waals surface area contributed by atoms with Gasteiger partial charge >= 0.3 is 0 Å². The van der Waals surface area contributed by atoms with Gasteiger partial charge < -0.3 is 15.5 Å². The molecule has 0 bridgehead atoms. The zero-order valence-corrected chi connectivity index (χ0v) is 14.6. The second kappa shape index (κ2) is 5.68. The van der Waals surface area contributed by atoms with E-state index in [-0.39, 0.29) is 5.92 Å². The molecule has 1 atom stereocenters. The van der Waals surface area contributed by atoms with Crippen LogP contribution in [0.15, 0.2) is 66.7 Å². The smallest absolute Gasteiger partial charge is 0.229 e. The summed E-state index contributed by atoms with van der Waals surface area (Å²) >= 11 is 5.21. The first-order chi connectivity index (χ1) is 12.7. The van der Waals surface area contributed by atoms with Crippen LogP contribution in [0.3, 0.4) is 0 Å². The zero-order chi connectivity index (χ0) is 17.7. The maximum atomic E-state index is 6.30. The van der Waals surface area contributed by atoms with Gasteiger partial charge in [-0.25, -0.2) is 0 Å². The number of rotatable bonds is 1. The standard InChI is InChI=1S/C21H15N3OS/c22-19-17-16(13-7-2-1-3-8-13)15-11-10-12-6-4-5-9-14(12)18(15)25-20(17)24-21(26)23-19/h1-11,16H,(H3,22,23,24,26). The summed E-state index contributed by atoms with van der Waals surface area (Å²) in [4.78, 5) is 7.38. The Morgan fingerprint density at radius 3 is 2.58 bits per heavy atom. The van der Waals surface area contributed by atoms with Gasteiger partial charge in [-0.1, -0.05) is 66.7 Å². The Morgan fingerprint density at radius 1 is 0.962 bits per heavy atom. The number of aromatic nitrogens is 2. The molecule has 0 saturated carbocycles. The molecule has 2 heterocycles. The number of H-pyrrole nitrogens is 1. The van der Waals surface area contributed by atoms with E-state index in [1.807, 2.05) is 30.3 Å². The molecule has 5 rings (SSSR count). The minimum atomic E-state index is -0.0705. The minimum Gasteiger partial charge on any atom is -0.437 e. The molecule has 1 aliphatic rings. The van der Waals surface area contributed by atoms with Gasteiger partial charge in [0.2, 0.25) is 10.7 Å². The molecule has 0 fully saturated rings. The SMILES string of the molecule is Nc1[nH]c(=S)nc2c1C(c1ccccc1)c1ccc3ccccc3c1O2. The molecule has 1 unspecified atom stereocenters. The lowest BCUT2D eigenvalue weighted by Gasteiger charge is -2.29. The number of aromatic amines is 1. The van der Waals surface area contributed by atoms with E-state index in [1.54, 1.807) is 0 Å². The maximum absolute atomic E-state index is 6.30. The quantitative estimate of drug-likeness (QED) is 0.407. The number of ether oxygens (including phenoxy) is 1. The van der Waals surface area contributed by atoms with Crippen molar-refractivity contribution in [2.24, 2.45) is 0 Å². The largest absolute Gasteiger partial charge is 0.437 e. The van der Waals surface area contributed by atoms with Crippen LogP contribution in [-0.2, 0) is 0 Å². The fraction of sp³-hybridized carbons (Fsp3) is 0.0476. The molecule has 0 saturated heterocycles. The molecular formula is C21H15N3OS. The lowest BCUT2D eigenvalue weighted by atomic mass is 9.82. The highest BCUT2D eigenvalue weighted by Gasteiger charge is 2.33. The van der Waals surface area contributed by atoms with Gasteiger partial charge in [0.15, 0.2) is 0 Å². The summed E-state index contributed by atoms with van der Waals surface area (Å²) in [5.74, 6) is 1.72. The van der Waals surface area contributed by atoms with E-state index in [1.165, 1.54) is 0 Å².